The monoisotopic (exact) mass is 381 g/mol. The van der Waals surface area contributed by atoms with Crippen LogP contribution in [0.1, 0.15) is 0 Å². The van der Waals surface area contributed by atoms with Crippen LogP contribution in [0, 0.1) is 0 Å². The van der Waals surface area contributed by atoms with Crippen molar-refractivity contribution in [2.45, 2.75) is 5.16 Å². The summed E-state index contributed by atoms with van der Waals surface area (Å²) in [5, 5.41) is 7.72. The number of aromatic nitrogens is 2. The molecule has 0 aliphatic carbocycles. The maximum atomic E-state index is 12.4. The van der Waals surface area contributed by atoms with Crippen molar-refractivity contribution in [1.29, 1.82) is 0 Å². The van der Waals surface area contributed by atoms with Gasteiger partial charge in [-0.1, -0.05) is 17.8 Å². The number of carbonyl (C=O) groups is 1. The van der Waals surface area contributed by atoms with Gasteiger partial charge in [-0.15, -0.1) is 22.7 Å². The van der Waals surface area contributed by atoms with Crippen molar-refractivity contribution in [3.63, 3.8) is 0 Å². The van der Waals surface area contributed by atoms with Gasteiger partial charge in [0.1, 0.15) is 4.83 Å². The fourth-order valence-electron chi connectivity index (χ4n) is 2.09. The summed E-state index contributed by atoms with van der Waals surface area (Å²) in [5.41, 5.74) is 0.736. The molecule has 126 valence electrons. The average molecular weight is 382 g/mol. The van der Waals surface area contributed by atoms with Crippen LogP contribution in [0.15, 0.2) is 32.8 Å². The minimum absolute atomic E-state index is 0.120. The summed E-state index contributed by atoms with van der Waals surface area (Å²) in [6.07, 6.45) is 0. The molecule has 0 spiro atoms. The maximum Gasteiger partial charge on any atom is 0.260 e. The van der Waals surface area contributed by atoms with E-state index in [9.17, 15) is 9.59 Å². The van der Waals surface area contributed by atoms with Gasteiger partial charge in [0.15, 0.2) is 5.16 Å². The van der Waals surface area contributed by atoms with Crippen LogP contribution in [0.5, 0.6) is 0 Å². The first-order valence-electron chi connectivity index (χ1n) is 7.13. The van der Waals surface area contributed by atoms with Crippen LogP contribution >= 0.6 is 34.4 Å². The number of fused-ring (bicyclic) bond motifs is 1. The van der Waals surface area contributed by atoms with E-state index in [4.69, 9.17) is 4.74 Å². The third-order valence-electron chi connectivity index (χ3n) is 3.18. The summed E-state index contributed by atoms with van der Waals surface area (Å²) >= 11 is 4.24. The molecule has 0 aromatic carbocycles. The minimum atomic E-state index is -0.174. The molecule has 0 aliphatic heterocycles. The molecule has 2 N–H and O–H groups in total. The van der Waals surface area contributed by atoms with Gasteiger partial charge in [0.25, 0.3) is 5.56 Å². The van der Waals surface area contributed by atoms with Crippen molar-refractivity contribution >= 4 is 50.6 Å². The van der Waals surface area contributed by atoms with E-state index in [0.717, 1.165) is 10.4 Å². The molecular formula is C15H15N3O3S3. The molecule has 0 radical (unpaired) electrons. The van der Waals surface area contributed by atoms with Crippen molar-refractivity contribution in [1.82, 2.24) is 15.3 Å². The van der Waals surface area contributed by atoms with Gasteiger partial charge in [-0.25, -0.2) is 4.98 Å². The zero-order valence-electron chi connectivity index (χ0n) is 12.8. The highest BCUT2D eigenvalue weighted by atomic mass is 32.2. The first-order chi connectivity index (χ1) is 11.7. The topological polar surface area (TPSA) is 84.1 Å². The highest BCUT2D eigenvalue weighted by molar-refractivity contribution is 7.99. The number of nitrogens with one attached hydrogen (secondary N) is 2. The minimum Gasteiger partial charge on any atom is -0.383 e. The predicted octanol–water partition coefficient (Wildman–Crippen LogP) is 2.57. The Balaban J connectivity index is 1.75. The van der Waals surface area contributed by atoms with E-state index in [0.29, 0.717) is 28.5 Å². The highest BCUT2D eigenvalue weighted by Gasteiger charge is 2.14. The van der Waals surface area contributed by atoms with Crippen molar-refractivity contribution in [2.24, 2.45) is 0 Å². The molecule has 9 heteroatoms. The van der Waals surface area contributed by atoms with Gasteiger partial charge in [-0.2, -0.15) is 0 Å². The van der Waals surface area contributed by atoms with Crippen LogP contribution in [0.4, 0.5) is 0 Å². The third-order valence-corrected chi connectivity index (χ3v) is 5.83. The first kappa shape index (κ1) is 17.2. The SMILES string of the molecule is COCCNC(=O)CSc1nc2scc(-c3cccs3)c2c(=O)[nH]1. The number of amides is 1. The number of carbonyl (C=O) groups excluding carboxylic acids is 1. The Labute approximate surface area is 150 Å². The Bertz CT molecular complexity index is 886. The Morgan fingerprint density at radius 2 is 2.33 bits per heavy atom. The summed E-state index contributed by atoms with van der Waals surface area (Å²) in [5.74, 6) is 0.0756. The number of hydrogen-bond acceptors (Lipinski definition) is 7. The quantitative estimate of drug-likeness (QED) is 0.373. The van der Waals surface area contributed by atoms with Crippen LogP contribution < -0.4 is 10.9 Å². The summed E-state index contributed by atoms with van der Waals surface area (Å²) in [6, 6.07) is 3.94. The number of hydrogen-bond donors (Lipinski definition) is 2. The van der Waals surface area contributed by atoms with Gasteiger partial charge in [0.05, 0.1) is 17.7 Å². The maximum absolute atomic E-state index is 12.4. The van der Waals surface area contributed by atoms with Gasteiger partial charge in [0.2, 0.25) is 5.91 Å². The fraction of sp³-hybridized carbons (Fsp3) is 0.267. The largest absolute Gasteiger partial charge is 0.383 e. The van der Waals surface area contributed by atoms with E-state index in [1.807, 2.05) is 22.9 Å². The molecule has 3 aromatic heterocycles. The molecule has 0 saturated carbocycles. The summed E-state index contributed by atoms with van der Waals surface area (Å²) < 4.78 is 4.87. The van der Waals surface area contributed by atoms with Crippen molar-refractivity contribution in [3.05, 3.63) is 33.2 Å². The number of ether oxygens (including phenoxy) is 1. The summed E-state index contributed by atoms with van der Waals surface area (Å²) in [6.45, 7) is 0.937. The van der Waals surface area contributed by atoms with Gasteiger partial charge in [0, 0.05) is 29.5 Å². The standard InChI is InChI=1S/C15H15N3O3S3/c1-21-5-4-16-11(19)8-24-15-17-13(20)12-9(7-23-14(12)18-15)10-3-2-6-22-10/h2-3,6-7H,4-5,8H2,1H3,(H,16,19)(H,17,18,20). The van der Waals surface area contributed by atoms with Crippen LogP contribution in [0.2, 0.25) is 0 Å². The molecule has 0 unspecified atom stereocenters. The van der Waals surface area contributed by atoms with Gasteiger partial charge in [-0.05, 0) is 11.4 Å². The number of aromatic amines is 1. The smallest absolute Gasteiger partial charge is 0.260 e. The molecule has 0 fully saturated rings. The Morgan fingerprint density at radius 1 is 1.46 bits per heavy atom. The molecule has 0 aliphatic rings. The molecule has 1 amide bonds. The van der Waals surface area contributed by atoms with Crippen molar-refractivity contribution in [2.75, 3.05) is 26.0 Å². The number of nitrogens with zero attached hydrogens (tertiary/aromatic N) is 1. The van der Waals surface area contributed by atoms with Crippen LogP contribution in [-0.2, 0) is 9.53 Å². The lowest BCUT2D eigenvalue weighted by Gasteiger charge is -2.04. The van der Waals surface area contributed by atoms with Crippen LogP contribution in [-0.4, -0.2) is 41.9 Å². The van der Waals surface area contributed by atoms with E-state index in [1.54, 1.807) is 18.4 Å². The second-order valence-corrected chi connectivity index (χ2v) is 7.58. The number of thioether (sulfide) groups is 1. The Morgan fingerprint density at radius 3 is 3.08 bits per heavy atom. The number of thiophene rings is 2. The second-order valence-electron chi connectivity index (χ2n) is 4.81. The molecule has 0 bridgehead atoms. The zero-order valence-corrected chi connectivity index (χ0v) is 15.3. The molecule has 6 nitrogen and oxygen atoms in total. The van der Waals surface area contributed by atoms with E-state index < -0.39 is 0 Å². The lowest BCUT2D eigenvalue weighted by Crippen LogP contribution is -2.28. The Hall–Kier alpha value is -1.68. The Kier molecular flexibility index (Phi) is 5.67. The molecular weight excluding hydrogens is 366 g/mol. The number of H-pyrrole nitrogens is 1. The van der Waals surface area contributed by atoms with Gasteiger partial charge < -0.3 is 15.0 Å². The summed E-state index contributed by atoms with van der Waals surface area (Å²) in [4.78, 5) is 33.1. The van der Waals surface area contributed by atoms with Gasteiger partial charge in [-0.3, -0.25) is 9.59 Å². The van der Waals surface area contributed by atoms with E-state index in [-0.39, 0.29) is 17.2 Å². The molecule has 3 heterocycles. The van der Waals surface area contributed by atoms with E-state index in [2.05, 4.69) is 15.3 Å². The second kappa shape index (κ2) is 7.93. The van der Waals surface area contributed by atoms with E-state index in [1.165, 1.54) is 23.1 Å². The predicted molar refractivity (Wildman–Crippen MR) is 99.2 cm³/mol. The fourth-order valence-corrected chi connectivity index (χ4v) is 4.60. The van der Waals surface area contributed by atoms with E-state index >= 15 is 0 Å². The summed E-state index contributed by atoms with van der Waals surface area (Å²) in [7, 11) is 1.58. The van der Waals surface area contributed by atoms with Crippen molar-refractivity contribution in [3.8, 4) is 10.4 Å². The molecule has 24 heavy (non-hydrogen) atoms. The molecule has 3 aromatic rings. The average Bonchev–Trinajstić information content (AvgIpc) is 3.22. The highest BCUT2D eigenvalue weighted by Crippen LogP contribution is 2.33. The van der Waals surface area contributed by atoms with Crippen LogP contribution in [0.25, 0.3) is 20.7 Å². The number of rotatable bonds is 7. The molecule has 3 rings (SSSR count). The third kappa shape index (κ3) is 3.86. The lowest BCUT2D eigenvalue weighted by molar-refractivity contribution is -0.118. The first-order valence-corrected chi connectivity index (χ1v) is 9.87. The molecule has 0 atom stereocenters. The number of methoxy groups -OCH3 is 1. The normalized spacial score (nSPS) is 11.0. The van der Waals surface area contributed by atoms with Crippen molar-refractivity contribution < 1.29 is 9.53 Å². The van der Waals surface area contributed by atoms with Crippen LogP contribution in [0.3, 0.4) is 0 Å². The molecule has 0 saturated heterocycles. The lowest BCUT2D eigenvalue weighted by atomic mass is 10.2. The zero-order chi connectivity index (χ0) is 16.9. The van der Waals surface area contributed by atoms with Gasteiger partial charge >= 0.3 is 0 Å².